The number of carbonyl (C=O) groups is 5. The van der Waals surface area contributed by atoms with Gasteiger partial charge in [0.1, 0.15) is 6.10 Å². The zero-order valence-electron chi connectivity index (χ0n) is 35.0. The van der Waals surface area contributed by atoms with Gasteiger partial charge < -0.3 is 48.8 Å². The molecule has 1 unspecified atom stereocenters. The number of imidazole rings is 1. The van der Waals surface area contributed by atoms with E-state index in [1.54, 1.807) is 38.1 Å². The highest BCUT2D eigenvalue weighted by atomic mass is 16.5. The van der Waals surface area contributed by atoms with E-state index in [4.69, 9.17) is 33.4 Å². The summed E-state index contributed by atoms with van der Waals surface area (Å²) in [5, 5.41) is 15.2. The molecule has 0 radical (unpaired) electrons. The fraction of sp³-hybridized carbons (Fsp3) is 0.643. The number of ether oxygens (including phenoxy) is 1. The average molecular weight is 825 g/mol. The van der Waals surface area contributed by atoms with Crippen LogP contribution < -0.4 is 34.0 Å². The minimum atomic E-state index is -3.12. The van der Waals surface area contributed by atoms with Gasteiger partial charge in [0.25, 0.3) is 5.91 Å². The number of aromatic nitrogens is 2. The van der Waals surface area contributed by atoms with E-state index in [-0.39, 0.29) is 56.6 Å². The molecule has 1 saturated carbocycles. The number of hydrogen-bond donors (Lipinski definition) is 8. The number of unbranched alkanes of at least 4 members (excludes halogenated alkanes) is 2. The molecule has 3 rings (SSSR count). The number of carbonyl (C=O) groups excluding carboxylic acids is 5. The molecule has 1 aromatic carbocycles. The van der Waals surface area contributed by atoms with E-state index in [1.165, 1.54) is 12.5 Å². The lowest BCUT2D eigenvalue weighted by Gasteiger charge is -2.41. The zero-order valence-corrected chi connectivity index (χ0v) is 35.0. The number of aliphatic imine (C=N–C) groups is 1. The number of nitrogens with two attached hydrogens (primary N) is 5. The highest BCUT2D eigenvalue weighted by Gasteiger charge is 2.64. The Kier molecular flexibility index (Phi) is 20.1. The van der Waals surface area contributed by atoms with E-state index in [0.717, 1.165) is 42.6 Å². The summed E-state index contributed by atoms with van der Waals surface area (Å²) >= 11 is 0. The normalized spacial score (nSPS) is 16.8. The standard InChI is InChI=1S/C42H68N10O7/c1-4-5-20-59-40(58)42(35(53)32(44)21-28-14-8-6-9-15-28,39(57)52(25-27(2)3)38(56)31(43)18-12-13-19-49-41(46)47)36(54)34(23-30-24-48-26-50-30)51-37(55)33(45)22-29-16-10-7-11-17-29/h7,10-11,16-17,24,26-28,31-35,53H,4-6,8-9,12-15,18-23,25,43-45H2,1-3H3,(H,48,50)(H,51,55)(H4,46,47,49)/t31-,32-,33-,34-,35+,42?/m0/s1. The van der Waals surface area contributed by atoms with Gasteiger partial charge in [0.2, 0.25) is 17.2 Å². The molecule has 0 bridgehead atoms. The molecule has 1 aliphatic rings. The number of ketones is 1. The monoisotopic (exact) mass is 825 g/mol. The maximum absolute atomic E-state index is 15.6. The summed E-state index contributed by atoms with van der Waals surface area (Å²) < 4.78 is 5.72. The molecule has 1 aliphatic carbocycles. The Hall–Kier alpha value is -4.71. The van der Waals surface area contributed by atoms with Gasteiger partial charge in [0, 0.05) is 37.4 Å². The molecule has 6 atom stereocenters. The third kappa shape index (κ3) is 14.2. The molecule has 1 heterocycles. The molecule has 17 nitrogen and oxygen atoms in total. The molecule has 3 amide bonds. The van der Waals surface area contributed by atoms with Crippen molar-refractivity contribution in [1.29, 1.82) is 0 Å². The summed E-state index contributed by atoms with van der Waals surface area (Å²) in [6.45, 7) is 5.19. The van der Waals surface area contributed by atoms with E-state index < -0.39 is 65.2 Å². The Bertz CT molecular complexity index is 1650. The molecular weight excluding hydrogens is 757 g/mol. The lowest BCUT2D eigenvalue weighted by molar-refractivity contribution is -0.181. The molecule has 0 spiro atoms. The van der Waals surface area contributed by atoms with E-state index in [9.17, 15) is 19.5 Å². The minimum Gasteiger partial charge on any atom is -0.464 e. The number of esters is 1. The molecule has 0 saturated heterocycles. The first kappa shape index (κ1) is 48.7. The van der Waals surface area contributed by atoms with Crippen LogP contribution in [-0.2, 0) is 41.6 Å². The number of rotatable bonds is 25. The molecule has 0 aliphatic heterocycles. The molecular formula is C42H68N10O7. The first-order chi connectivity index (χ1) is 28.1. The van der Waals surface area contributed by atoms with Crippen LogP contribution in [0.1, 0.15) is 103 Å². The first-order valence-electron chi connectivity index (χ1n) is 21.0. The van der Waals surface area contributed by atoms with Crippen molar-refractivity contribution in [2.75, 3.05) is 19.7 Å². The number of nitrogens with one attached hydrogen (secondary N) is 2. The van der Waals surface area contributed by atoms with Crippen LogP contribution in [-0.4, -0.2) is 105 Å². The lowest BCUT2D eigenvalue weighted by Crippen LogP contribution is -2.69. The predicted molar refractivity (Wildman–Crippen MR) is 225 cm³/mol. The Morgan fingerprint density at radius 3 is 2.31 bits per heavy atom. The van der Waals surface area contributed by atoms with Crippen molar-refractivity contribution in [3.05, 3.63) is 54.1 Å². The van der Waals surface area contributed by atoms with E-state index >= 15 is 9.59 Å². The second kappa shape index (κ2) is 24.4. The summed E-state index contributed by atoms with van der Waals surface area (Å²) in [5.74, 6) is -5.94. The van der Waals surface area contributed by atoms with Gasteiger partial charge in [-0.3, -0.25) is 33.9 Å². The highest BCUT2D eigenvalue weighted by Crippen LogP contribution is 2.37. The molecule has 1 fully saturated rings. The van der Waals surface area contributed by atoms with Gasteiger partial charge in [0.15, 0.2) is 11.7 Å². The zero-order chi connectivity index (χ0) is 43.5. The summed E-state index contributed by atoms with van der Waals surface area (Å²) in [5.41, 5.74) is 28.5. The number of Topliss-reactive ketones (excluding diaryl/α,β-unsaturated/α-hetero) is 1. The fourth-order valence-corrected chi connectivity index (χ4v) is 7.57. The van der Waals surface area contributed by atoms with Crippen molar-refractivity contribution in [2.24, 2.45) is 50.9 Å². The molecule has 13 N–H and O–H groups in total. The Morgan fingerprint density at radius 2 is 1.69 bits per heavy atom. The minimum absolute atomic E-state index is 0.0460. The Labute approximate surface area is 348 Å². The number of aliphatic hydroxyl groups is 1. The van der Waals surface area contributed by atoms with Gasteiger partial charge in [-0.2, -0.15) is 0 Å². The van der Waals surface area contributed by atoms with Crippen molar-refractivity contribution in [3.63, 3.8) is 0 Å². The lowest BCUT2D eigenvalue weighted by atomic mass is 9.69. The number of aliphatic hydroxyl groups excluding tert-OH is 1. The number of benzene rings is 1. The maximum atomic E-state index is 15.6. The van der Waals surface area contributed by atoms with Crippen LogP contribution in [0.3, 0.4) is 0 Å². The third-order valence-corrected chi connectivity index (χ3v) is 10.8. The fourth-order valence-electron chi connectivity index (χ4n) is 7.57. The third-order valence-electron chi connectivity index (χ3n) is 10.8. The van der Waals surface area contributed by atoms with Crippen LogP contribution >= 0.6 is 0 Å². The molecule has 328 valence electrons. The maximum Gasteiger partial charge on any atom is 0.332 e. The molecule has 17 heteroatoms. The van der Waals surface area contributed by atoms with Crippen LogP contribution in [0.25, 0.3) is 0 Å². The molecule has 2 aromatic rings. The number of nitrogens with zero attached hydrogens (tertiary/aromatic N) is 3. The van der Waals surface area contributed by atoms with Gasteiger partial charge in [-0.15, -0.1) is 0 Å². The van der Waals surface area contributed by atoms with E-state index in [0.29, 0.717) is 37.9 Å². The summed E-state index contributed by atoms with van der Waals surface area (Å²) in [7, 11) is 0. The first-order valence-corrected chi connectivity index (χ1v) is 21.0. The summed E-state index contributed by atoms with van der Waals surface area (Å²) in [6, 6.07) is 3.67. The second-order valence-corrected chi connectivity index (χ2v) is 16.2. The number of H-pyrrole nitrogens is 1. The summed E-state index contributed by atoms with van der Waals surface area (Å²) in [6.07, 6.45) is 7.12. The van der Waals surface area contributed by atoms with Gasteiger partial charge in [-0.25, -0.2) is 4.98 Å². The van der Waals surface area contributed by atoms with Crippen molar-refractivity contribution in [1.82, 2.24) is 20.2 Å². The predicted octanol–water partition coefficient (Wildman–Crippen LogP) is 1.35. The number of hydrogen-bond acceptors (Lipinski definition) is 12. The Balaban J connectivity index is 2.21. The van der Waals surface area contributed by atoms with Crippen LogP contribution in [0.2, 0.25) is 0 Å². The average Bonchev–Trinajstić information content (AvgIpc) is 3.73. The molecule has 1 aromatic heterocycles. The highest BCUT2D eigenvalue weighted by molar-refractivity contribution is 6.26. The van der Waals surface area contributed by atoms with Crippen molar-refractivity contribution < 1.29 is 33.8 Å². The number of guanidine groups is 1. The van der Waals surface area contributed by atoms with Crippen molar-refractivity contribution in [3.8, 4) is 0 Å². The van der Waals surface area contributed by atoms with E-state index in [1.807, 2.05) is 13.0 Å². The number of imide groups is 1. The number of aromatic amines is 1. The largest absolute Gasteiger partial charge is 0.464 e. The van der Waals surface area contributed by atoms with Crippen molar-refractivity contribution in [2.45, 2.75) is 135 Å². The van der Waals surface area contributed by atoms with E-state index in [2.05, 4.69) is 20.3 Å². The quantitative estimate of drug-likeness (QED) is 0.0231. The Morgan fingerprint density at radius 1 is 1.00 bits per heavy atom. The smallest absolute Gasteiger partial charge is 0.332 e. The van der Waals surface area contributed by atoms with Gasteiger partial charge in [-0.05, 0) is 55.9 Å². The van der Waals surface area contributed by atoms with Gasteiger partial charge in [-0.1, -0.05) is 89.6 Å². The molecule has 59 heavy (non-hydrogen) atoms. The number of amides is 3. The topological polar surface area (TPSA) is 301 Å². The van der Waals surface area contributed by atoms with Crippen LogP contribution in [0.5, 0.6) is 0 Å². The van der Waals surface area contributed by atoms with Gasteiger partial charge in [0.05, 0.1) is 31.1 Å². The van der Waals surface area contributed by atoms with Crippen LogP contribution in [0.4, 0.5) is 0 Å². The summed E-state index contributed by atoms with van der Waals surface area (Å²) in [4.78, 5) is 85.9. The van der Waals surface area contributed by atoms with Crippen LogP contribution in [0.15, 0.2) is 47.8 Å². The van der Waals surface area contributed by atoms with Gasteiger partial charge >= 0.3 is 5.97 Å². The van der Waals surface area contributed by atoms with Crippen LogP contribution in [0, 0.1) is 17.3 Å². The second-order valence-electron chi connectivity index (χ2n) is 16.2. The SMILES string of the molecule is CCCCOC(=O)C(C(=O)[C@H](Cc1cnc[nH]1)NC(=O)[C@@H](N)Cc1ccccc1)(C(=O)N(CC(C)C)C(=O)[C@@H](N)CCCCN=C(N)N)[C@H](O)[C@@H](N)CC1CCCCC1. The van der Waals surface area contributed by atoms with Crippen molar-refractivity contribution >= 4 is 35.4 Å².